The average Bonchev–Trinajstić information content (AvgIpc) is 3.01. The number of carboxylic acid groups (broad SMARTS) is 1. The SMILES string of the molecule is Cc1cnc(Cn2c(SCC(=O)O)nc3ccccc32)s1. The second kappa shape index (κ2) is 5.87. The molecule has 108 valence electrons. The maximum absolute atomic E-state index is 10.8. The standard InChI is InChI=1S/C14H13N3O2S2/c1-9-6-15-12(21-9)7-17-11-5-3-2-4-10(11)16-14(17)20-8-13(18)19/h2-6H,7-8H2,1H3,(H,18,19). The van der Waals surface area contributed by atoms with Gasteiger partial charge in [0.25, 0.3) is 0 Å². The summed E-state index contributed by atoms with van der Waals surface area (Å²) in [7, 11) is 0. The Bertz CT molecular complexity index is 794. The van der Waals surface area contributed by atoms with E-state index >= 15 is 0 Å². The van der Waals surface area contributed by atoms with E-state index in [0.29, 0.717) is 11.7 Å². The van der Waals surface area contributed by atoms with Crippen LogP contribution in [-0.4, -0.2) is 31.4 Å². The molecule has 0 unspecified atom stereocenters. The third kappa shape index (κ3) is 3.08. The Kier molecular flexibility index (Phi) is 3.94. The molecule has 0 saturated heterocycles. The van der Waals surface area contributed by atoms with Crippen molar-refractivity contribution in [1.82, 2.24) is 14.5 Å². The lowest BCUT2D eigenvalue weighted by atomic mass is 10.3. The van der Waals surface area contributed by atoms with Crippen LogP contribution in [0, 0.1) is 6.92 Å². The van der Waals surface area contributed by atoms with Gasteiger partial charge in [0.15, 0.2) is 5.16 Å². The van der Waals surface area contributed by atoms with Gasteiger partial charge >= 0.3 is 5.97 Å². The smallest absolute Gasteiger partial charge is 0.313 e. The fourth-order valence-electron chi connectivity index (χ4n) is 2.05. The molecule has 5 nitrogen and oxygen atoms in total. The number of thiazole rings is 1. The number of thioether (sulfide) groups is 1. The molecule has 0 amide bonds. The fraction of sp³-hybridized carbons (Fsp3) is 0.214. The highest BCUT2D eigenvalue weighted by molar-refractivity contribution is 7.99. The van der Waals surface area contributed by atoms with E-state index in [1.165, 1.54) is 11.8 Å². The van der Waals surface area contributed by atoms with Gasteiger partial charge in [-0.05, 0) is 19.1 Å². The van der Waals surface area contributed by atoms with Crippen molar-refractivity contribution < 1.29 is 9.90 Å². The van der Waals surface area contributed by atoms with Crippen LogP contribution >= 0.6 is 23.1 Å². The Balaban J connectivity index is 2.00. The summed E-state index contributed by atoms with van der Waals surface area (Å²) in [6.45, 7) is 2.63. The first kappa shape index (κ1) is 14.1. The number of aryl methyl sites for hydroxylation is 1. The highest BCUT2D eigenvalue weighted by Gasteiger charge is 2.13. The molecule has 0 atom stereocenters. The number of para-hydroxylation sites is 2. The van der Waals surface area contributed by atoms with E-state index in [2.05, 4.69) is 9.97 Å². The van der Waals surface area contributed by atoms with Crippen LogP contribution in [0.25, 0.3) is 11.0 Å². The van der Waals surface area contributed by atoms with Gasteiger partial charge in [0, 0.05) is 11.1 Å². The minimum Gasteiger partial charge on any atom is -0.481 e. The van der Waals surface area contributed by atoms with Gasteiger partial charge in [-0.2, -0.15) is 0 Å². The molecule has 0 radical (unpaired) electrons. The summed E-state index contributed by atoms with van der Waals surface area (Å²) >= 11 is 2.88. The number of nitrogens with zero attached hydrogens (tertiary/aromatic N) is 3. The molecule has 0 saturated carbocycles. The van der Waals surface area contributed by atoms with E-state index in [0.717, 1.165) is 20.9 Å². The van der Waals surface area contributed by atoms with Crippen molar-refractivity contribution in [2.24, 2.45) is 0 Å². The molecule has 1 N–H and O–H groups in total. The molecule has 0 aliphatic heterocycles. The molecule has 3 rings (SSSR count). The van der Waals surface area contributed by atoms with Crippen LogP contribution in [0.4, 0.5) is 0 Å². The first-order chi connectivity index (χ1) is 10.1. The average molecular weight is 319 g/mol. The molecule has 0 aliphatic rings. The third-order valence-corrected chi connectivity index (χ3v) is 4.77. The molecule has 1 aromatic carbocycles. The van der Waals surface area contributed by atoms with E-state index in [-0.39, 0.29) is 5.75 Å². The molecule has 0 bridgehead atoms. The highest BCUT2D eigenvalue weighted by atomic mass is 32.2. The minimum atomic E-state index is -0.844. The van der Waals surface area contributed by atoms with Crippen LogP contribution in [0.5, 0.6) is 0 Å². The zero-order valence-electron chi connectivity index (χ0n) is 11.3. The lowest BCUT2D eigenvalue weighted by Crippen LogP contribution is -2.04. The predicted octanol–water partition coefficient (Wildman–Crippen LogP) is 3.03. The summed E-state index contributed by atoms with van der Waals surface area (Å²) in [5.74, 6) is -0.844. The fourth-order valence-corrected chi connectivity index (χ4v) is 3.56. The van der Waals surface area contributed by atoms with E-state index in [4.69, 9.17) is 5.11 Å². The Morgan fingerprint density at radius 3 is 2.95 bits per heavy atom. The maximum atomic E-state index is 10.8. The molecule has 2 heterocycles. The lowest BCUT2D eigenvalue weighted by molar-refractivity contribution is -0.133. The lowest BCUT2D eigenvalue weighted by Gasteiger charge is -2.05. The molecule has 2 aromatic heterocycles. The minimum absolute atomic E-state index is 0.000217. The normalized spacial score (nSPS) is 11.1. The van der Waals surface area contributed by atoms with Gasteiger partial charge in [-0.1, -0.05) is 23.9 Å². The number of hydrogen-bond acceptors (Lipinski definition) is 5. The predicted molar refractivity (Wildman–Crippen MR) is 84.0 cm³/mol. The second-order valence-corrected chi connectivity index (χ2v) is 6.78. The Hall–Kier alpha value is -1.86. The largest absolute Gasteiger partial charge is 0.481 e. The van der Waals surface area contributed by atoms with Gasteiger partial charge < -0.3 is 9.67 Å². The van der Waals surface area contributed by atoms with Crippen molar-refractivity contribution >= 4 is 40.1 Å². The summed E-state index contributed by atoms with van der Waals surface area (Å²) in [6.07, 6.45) is 1.85. The van der Waals surface area contributed by atoms with Crippen molar-refractivity contribution in [2.75, 3.05) is 5.75 Å². The number of carboxylic acids is 1. The monoisotopic (exact) mass is 319 g/mol. The van der Waals surface area contributed by atoms with E-state index in [1.807, 2.05) is 42.0 Å². The molecule has 7 heteroatoms. The van der Waals surface area contributed by atoms with Gasteiger partial charge in [-0.3, -0.25) is 4.79 Å². The van der Waals surface area contributed by atoms with Gasteiger partial charge in [0.05, 0.1) is 23.3 Å². The number of aromatic nitrogens is 3. The van der Waals surface area contributed by atoms with Crippen LogP contribution in [0.1, 0.15) is 9.88 Å². The molecular weight excluding hydrogens is 306 g/mol. The van der Waals surface area contributed by atoms with Crippen LogP contribution in [-0.2, 0) is 11.3 Å². The zero-order valence-corrected chi connectivity index (χ0v) is 12.9. The summed E-state index contributed by atoms with van der Waals surface area (Å²) in [4.78, 5) is 20.9. The summed E-state index contributed by atoms with van der Waals surface area (Å²) in [5, 5.41) is 10.6. The van der Waals surface area contributed by atoms with Crippen molar-refractivity contribution in [3.8, 4) is 0 Å². The topological polar surface area (TPSA) is 68.0 Å². The Labute approximate surface area is 129 Å². The number of fused-ring (bicyclic) bond motifs is 1. The van der Waals surface area contributed by atoms with E-state index in [1.54, 1.807) is 11.3 Å². The second-order valence-electron chi connectivity index (χ2n) is 4.52. The number of carbonyl (C=O) groups is 1. The van der Waals surface area contributed by atoms with Crippen LogP contribution in [0.15, 0.2) is 35.6 Å². The molecule has 3 aromatic rings. The molecule has 0 aliphatic carbocycles. The number of benzene rings is 1. The number of hydrogen-bond donors (Lipinski definition) is 1. The summed E-state index contributed by atoms with van der Waals surface area (Å²) in [6, 6.07) is 7.81. The Morgan fingerprint density at radius 2 is 2.24 bits per heavy atom. The quantitative estimate of drug-likeness (QED) is 0.732. The Morgan fingerprint density at radius 1 is 1.43 bits per heavy atom. The first-order valence-corrected chi connectivity index (χ1v) is 8.15. The van der Waals surface area contributed by atoms with Crippen molar-refractivity contribution in [1.29, 1.82) is 0 Å². The third-order valence-electron chi connectivity index (χ3n) is 2.91. The summed E-state index contributed by atoms with van der Waals surface area (Å²) < 4.78 is 2.03. The van der Waals surface area contributed by atoms with Crippen molar-refractivity contribution in [2.45, 2.75) is 18.6 Å². The zero-order chi connectivity index (χ0) is 14.8. The van der Waals surface area contributed by atoms with Crippen LogP contribution < -0.4 is 0 Å². The first-order valence-electron chi connectivity index (χ1n) is 6.34. The maximum Gasteiger partial charge on any atom is 0.313 e. The number of aliphatic carboxylic acids is 1. The molecule has 0 spiro atoms. The number of rotatable bonds is 5. The van der Waals surface area contributed by atoms with Crippen LogP contribution in [0.3, 0.4) is 0 Å². The van der Waals surface area contributed by atoms with Crippen molar-refractivity contribution in [3.63, 3.8) is 0 Å². The van der Waals surface area contributed by atoms with Crippen LogP contribution in [0.2, 0.25) is 0 Å². The van der Waals surface area contributed by atoms with E-state index < -0.39 is 5.97 Å². The van der Waals surface area contributed by atoms with Crippen molar-refractivity contribution in [3.05, 3.63) is 40.3 Å². The van der Waals surface area contributed by atoms with Gasteiger partial charge in [0.1, 0.15) is 5.01 Å². The molecular formula is C14H13N3O2S2. The molecule has 21 heavy (non-hydrogen) atoms. The van der Waals surface area contributed by atoms with Gasteiger partial charge in [0.2, 0.25) is 0 Å². The summed E-state index contributed by atoms with van der Waals surface area (Å²) in [5.41, 5.74) is 1.87. The highest BCUT2D eigenvalue weighted by Crippen LogP contribution is 2.26. The molecule has 0 fully saturated rings. The number of imidazole rings is 1. The van der Waals surface area contributed by atoms with E-state index in [9.17, 15) is 4.79 Å². The van der Waals surface area contributed by atoms with Gasteiger partial charge in [-0.25, -0.2) is 9.97 Å². The van der Waals surface area contributed by atoms with Gasteiger partial charge in [-0.15, -0.1) is 11.3 Å².